The highest BCUT2D eigenvalue weighted by atomic mass is 16.5. The molecule has 1 saturated carbocycles. The quantitative estimate of drug-likeness (QED) is 0.869. The Bertz CT molecular complexity index is 391. The van der Waals surface area contributed by atoms with Crippen LogP contribution in [0.5, 0.6) is 5.75 Å². The van der Waals surface area contributed by atoms with Gasteiger partial charge in [0.25, 0.3) is 0 Å². The molecule has 5 heteroatoms. The fourth-order valence-corrected chi connectivity index (χ4v) is 2.56. The van der Waals surface area contributed by atoms with E-state index in [4.69, 9.17) is 4.74 Å². The molecule has 2 rings (SSSR count). The molecule has 1 aliphatic rings. The van der Waals surface area contributed by atoms with Crippen LogP contribution in [-0.4, -0.2) is 36.7 Å². The molecule has 1 aromatic heterocycles. The van der Waals surface area contributed by atoms with E-state index in [1.807, 2.05) is 6.92 Å². The number of anilines is 2. The molecule has 0 radical (unpaired) electrons. The molecule has 1 N–H and O–H groups in total. The van der Waals surface area contributed by atoms with Crippen molar-refractivity contribution in [1.29, 1.82) is 0 Å². The van der Waals surface area contributed by atoms with Crippen molar-refractivity contribution in [3.63, 3.8) is 0 Å². The fourth-order valence-electron chi connectivity index (χ4n) is 2.56. The summed E-state index contributed by atoms with van der Waals surface area (Å²) < 4.78 is 5.48. The molecule has 1 fully saturated rings. The standard InChI is InChI=1S/C13H22N4O/c1-4-14-12-11(18-3)13(16-9-15-12)17(2)10-7-5-6-8-10/h9-10H,4-8H2,1-3H3,(H,14,15,16). The molecular formula is C13H22N4O. The van der Waals surface area contributed by atoms with Gasteiger partial charge in [0.2, 0.25) is 5.75 Å². The molecule has 0 aliphatic heterocycles. The van der Waals surface area contributed by atoms with Gasteiger partial charge in [-0.2, -0.15) is 0 Å². The zero-order chi connectivity index (χ0) is 13.0. The van der Waals surface area contributed by atoms with Gasteiger partial charge >= 0.3 is 0 Å². The van der Waals surface area contributed by atoms with Crippen LogP contribution in [0.2, 0.25) is 0 Å². The Hall–Kier alpha value is -1.52. The van der Waals surface area contributed by atoms with Gasteiger partial charge in [0, 0.05) is 19.6 Å². The Morgan fingerprint density at radius 1 is 1.39 bits per heavy atom. The number of rotatable bonds is 5. The summed E-state index contributed by atoms with van der Waals surface area (Å²) in [4.78, 5) is 10.9. The van der Waals surface area contributed by atoms with Gasteiger partial charge in [-0.15, -0.1) is 0 Å². The van der Waals surface area contributed by atoms with Crippen LogP contribution in [-0.2, 0) is 0 Å². The Labute approximate surface area is 109 Å². The van der Waals surface area contributed by atoms with Crippen LogP contribution in [0.25, 0.3) is 0 Å². The number of aromatic nitrogens is 2. The summed E-state index contributed by atoms with van der Waals surface area (Å²) in [6.07, 6.45) is 6.69. The maximum atomic E-state index is 5.48. The Kier molecular flexibility index (Phi) is 4.23. The maximum Gasteiger partial charge on any atom is 0.204 e. The fraction of sp³-hybridized carbons (Fsp3) is 0.692. The number of ether oxygens (including phenoxy) is 1. The maximum absolute atomic E-state index is 5.48. The van der Waals surface area contributed by atoms with Gasteiger partial charge in [-0.3, -0.25) is 0 Å². The lowest BCUT2D eigenvalue weighted by Gasteiger charge is -2.27. The van der Waals surface area contributed by atoms with Crippen molar-refractivity contribution in [3.05, 3.63) is 6.33 Å². The Morgan fingerprint density at radius 2 is 2.11 bits per heavy atom. The minimum atomic E-state index is 0.572. The third kappa shape index (κ3) is 2.49. The molecule has 0 amide bonds. The number of nitrogens with one attached hydrogen (secondary N) is 1. The Balaban J connectivity index is 2.27. The van der Waals surface area contributed by atoms with Gasteiger partial charge < -0.3 is 15.0 Å². The van der Waals surface area contributed by atoms with Crippen LogP contribution in [0.3, 0.4) is 0 Å². The van der Waals surface area contributed by atoms with E-state index < -0.39 is 0 Å². The van der Waals surface area contributed by atoms with Crippen molar-refractivity contribution in [2.24, 2.45) is 0 Å². The Morgan fingerprint density at radius 3 is 2.72 bits per heavy atom. The molecule has 1 heterocycles. The molecule has 18 heavy (non-hydrogen) atoms. The number of methoxy groups -OCH3 is 1. The van der Waals surface area contributed by atoms with Gasteiger partial charge in [-0.05, 0) is 19.8 Å². The molecule has 1 aromatic rings. The second-order valence-electron chi connectivity index (χ2n) is 4.66. The van der Waals surface area contributed by atoms with E-state index in [-0.39, 0.29) is 0 Å². The number of hydrogen-bond acceptors (Lipinski definition) is 5. The predicted molar refractivity (Wildman–Crippen MR) is 73.4 cm³/mol. The normalized spacial score (nSPS) is 15.7. The lowest BCUT2D eigenvalue weighted by molar-refractivity contribution is 0.411. The van der Waals surface area contributed by atoms with E-state index in [0.29, 0.717) is 6.04 Å². The minimum absolute atomic E-state index is 0.572. The van der Waals surface area contributed by atoms with E-state index in [1.54, 1.807) is 13.4 Å². The highest BCUT2D eigenvalue weighted by Gasteiger charge is 2.24. The van der Waals surface area contributed by atoms with Crippen LogP contribution in [0.4, 0.5) is 11.6 Å². The number of nitrogens with zero attached hydrogens (tertiary/aromatic N) is 3. The van der Waals surface area contributed by atoms with Gasteiger partial charge in [-0.1, -0.05) is 12.8 Å². The van der Waals surface area contributed by atoms with Gasteiger partial charge in [0.05, 0.1) is 7.11 Å². The largest absolute Gasteiger partial charge is 0.490 e. The lowest BCUT2D eigenvalue weighted by atomic mass is 10.2. The average Bonchev–Trinajstić information content (AvgIpc) is 2.92. The van der Waals surface area contributed by atoms with E-state index in [1.165, 1.54) is 25.7 Å². The molecule has 0 saturated heterocycles. The van der Waals surface area contributed by atoms with Crippen molar-refractivity contribution >= 4 is 11.6 Å². The predicted octanol–water partition coefficient (Wildman–Crippen LogP) is 2.30. The third-order valence-corrected chi connectivity index (χ3v) is 3.54. The molecular weight excluding hydrogens is 228 g/mol. The van der Waals surface area contributed by atoms with Crippen molar-refractivity contribution < 1.29 is 4.74 Å². The second kappa shape index (κ2) is 5.89. The van der Waals surface area contributed by atoms with E-state index in [2.05, 4.69) is 27.2 Å². The van der Waals surface area contributed by atoms with Crippen molar-refractivity contribution in [2.75, 3.05) is 30.9 Å². The van der Waals surface area contributed by atoms with Crippen molar-refractivity contribution in [1.82, 2.24) is 9.97 Å². The van der Waals surface area contributed by atoms with Crippen LogP contribution >= 0.6 is 0 Å². The van der Waals surface area contributed by atoms with Crippen LogP contribution < -0.4 is 15.0 Å². The van der Waals surface area contributed by atoms with Crippen LogP contribution in [0, 0.1) is 0 Å². The average molecular weight is 250 g/mol. The molecule has 0 spiro atoms. The van der Waals surface area contributed by atoms with Gasteiger partial charge in [0.15, 0.2) is 11.6 Å². The van der Waals surface area contributed by atoms with Gasteiger partial charge in [-0.25, -0.2) is 9.97 Å². The molecule has 0 atom stereocenters. The minimum Gasteiger partial charge on any atom is -0.490 e. The third-order valence-electron chi connectivity index (χ3n) is 3.54. The van der Waals surface area contributed by atoms with Crippen LogP contribution in [0.1, 0.15) is 32.6 Å². The molecule has 100 valence electrons. The molecule has 0 bridgehead atoms. The summed E-state index contributed by atoms with van der Waals surface area (Å²) in [7, 11) is 3.77. The van der Waals surface area contributed by atoms with E-state index >= 15 is 0 Å². The van der Waals surface area contributed by atoms with Crippen molar-refractivity contribution in [2.45, 2.75) is 38.6 Å². The summed E-state index contributed by atoms with van der Waals surface area (Å²) in [5.74, 6) is 2.40. The summed E-state index contributed by atoms with van der Waals surface area (Å²) in [5.41, 5.74) is 0. The monoisotopic (exact) mass is 250 g/mol. The lowest BCUT2D eigenvalue weighted by Crippen LogP contribution is -2.30. The summed E-state index contributed by atoms with van der Waals surface area (Å²) >= 11 is 0. The number of hydrogen-bond donors (Lipinski definition) is 1. The highest BCUT2D eigenvalue weighted by Crippen LogP contribution is 2.35. The topological polar surface area (TPSA) is 50.3 Å². The first kappa shape index (κ1) is 12.9. The highest BCUT2D eigenvalue weighted by molar-refractivity contribution is 5.64. The molecule has 1 aliphatic carbocycles. The summed E-state index contributed by atoms with van der Waals surface area (Å²) in [6, 6.07) is 0.572. The first-order valence-corrected chi connectivity index (χ1v) is 6.63. The summed E-state index contributed by atoms with van der Waals surface area (Å²) in [5, 5.41) is 3.21. The van der Waals surface area contributed by atoms with E-state index in [9.17, 15) is 0 Å². The zero-order valence-corrected chi connectivity index (χ0v) is 11.4. The first-order valence-electron chi connectivity index (χ1n) is 6.63. The van der Waals surface area contributed by atoms with Crippen molar-refractivity contribution in [3.8, 4) is 5.75 Å². The second-order valence-corrected chi connectivity index (χ2v) is 4.66. The zero-order valence-electron chi connectivity index (χ0n) is 11.4. The van der Waals surface area contributed by atoms with E-state index in [0.717, 1.165) is 23.9 Å². The smallest absolute Gasteiger partial charge is 0.204 e. The van der Waals surface area contributed by atoms with Gasteiger partial charge in [0.1, 0.15) is 6.33 Å². The first-order chi connectivity index (χ1) is 8.77. The SMILES string of the molecule is CCNc1ncnc(N(C)C2CCCC2)c1OC. The molecule has 5 nitrogen and oxygen atoms in total. The molecule has 0 unspecified atom stereocenters. The summed E-state index contributed by atoms with van der Waals surface area (Å²) in [6.45, 7) is 2.86. The molecule has 0 aromatic carbocycles. The van der Waals surface area contributed by atoms with Crippen LogP contribution in [0.15, 0.2) is 6.33 Å².